The molecule has 1 heterocycles. The molecule has 0 aliphatic heterocycles. The molecule has 7 nitrogen and oxygen atoms in total. The smallest absolute Gasteiger partial charge is 0.382 e. The second-order valence-electron chi connectivity index (χ2n) is 10.8. The number of rotatable bonds is 9. The van der Waals surface area contributed by atoms with Gasteiger partial charge in [-0.3, -0.25) is 4.57 Å². The van der Waals surface area contributed by atoms with E-state index in [-0.39, 0.29) is 21.8 Å². The summed E-state index contributed by atoms with van der Waals surface area (Å²) in [7, 11) is -3.82. The average molecular weight is 509 g/mol. The van der Waals surface area contributed by atoms with E-state index in [1.165, 1.54) is 6.20 Å². The van der Waals surface area contributed by atoms with Crippen LogP contribution in [0, 0.1) is 16.0 Å². The number of nitro groups is 1. The molecule has 1 aromatic rings. The van der Waals surface area contributed by atoms with Crippen LogP contribution in [-0.4, -0.2) is 44.3 Å². The monoisotopic (exact) mass is 507 g/mol. The summed E-state index contributed by atoms with van der Waals surface area (Å²) in [6.45, 7) is 23.9. The standard InChI is InChI=1S/C19H38BrN3O4Si2/c1-18(2,3)28(7,8)26-13-15(14-27-29(9,10)19(4,5)6)11-22-12-16(23(24)25)21-17(22)20/h12,15H,11,13-14H2,1-10H3. The Bertz CT molecular complexity index is 679. The van der Waals surface area contributed by atoms with Gasteiger partial charge in [0.2, 0.25) is 0 Å². The zero-order valence-electron chi connectivity index (χ0n) is 19.6. The van der Waals surface area contributed by atoms with E-state index >= 15 is 0 Å². The van der Waals surface area contributed by atoms with Gasteiger partial charge in [0.15, 0.2) is 16.6 Å². The molecule has 10 heteroatoms. The molecule has 0 saturated carbocycles. The van der Waals surface area contributed by atoms with Crippen LogP contribution in [0.5, 0.6) is 0 Å². The highest BCUT2D eigenvalue weighted by Gasteiger charge is 2.39. The maximum atomic E-state index is 11.1. The van der Waals surface area contributed by atoms with Gasteiger partial charge in [0, 0.05) is 41.6 Å². The van der Waals surface area contributed by atoms with E-state index in [2.05, 4.69) is 88.6 Å². The summed E-state index contributed by atoms with van der Waals surface area (Å²) in [5, 5.41) is 11.3. The van der Waals surface area contributed by atoms with E-state index in [0.29, 0.717) is 24.5 Å². The first-order valence-corrected chi connectivity index (χ1v) is 16.6. The molecule has 29 heavy (non-hydrogen) atoms. The van der Waals surface area contributed by atoms with Crippen molar-refractivity contribution < 1.29 is 13.8 Å². The second kappa shape index (κ2) is 9.29. The topological polar surface area (TPSA) is 79.4 Å². The van der Waals surface area contributed by atoms with E-state index in [1.807, 2.05) is 0 Å². The van der Waals surface area contributed by atoms with Crippen LogP contribution in [0.15, 0.2) is 10.9 Å². The fourth-order valence-corrected chi connectivity index (χ4v) is 4.71. The molecule has 0 aliphatic carbocycles. The number of aromatic nitrogens is 2. The van der Waals surface area contributed by atoms with E-state index in [0.717, 1.165) is 0 Å². The van der Waals surface area contributed by atoms with Crippen molar-refractivity contribution in [1.82, 2.24) is 9.55 Å². The Morgan fingerprint density at radius 2 is 1.48 bits per heavy atom. The zero-order chi connectivity index (χ0) is 22.8. The van der Waals surface area contributed by atoms with Crippen molar-refractivity contribution in [2.24, 2.45) is 5.92 Å². The highest BCUT2D eigenvalue weighted by Crippen LogP contribution is 2.38. The van der Waals surface area contributed by atoms with Crippen molar-refractivity contribution in [2.45, 2.75) is 84.4 Å². The molecular formula is C19H38BrN3O4Si2. The van der Waals surface area contributed by atoms with Crippen LogP contribution in [0.4, 0.5) is 5.82 Å². The Kier molecular flexibility index (Phi) is 8.48. The summed E-state index contributed by atoms with van der Waals surface area (Å²) < 4.78 is 15.2. The molecule has 0 fully saturated rings. The first kappa shape index (κ1) is 26.5. The van der Waals surface area contributed by atoms with Crippen molar-refractivity contribution in [3.63, 3.8) is 0 Å². The number of hydrogen-bond acceptors (Lipinski definition) is 5. The molecular weight excluding hydrogens is 470 g/mol. The van der Waals surface area contributed by atoms with Crippen LogP contribution >= 0.6 is 15.9 Å². The molecule has 0 saturated heterocycles. The molecule has 0 unspecified atom stereocenters. The lowest BCUT2D eigenvalue weighted by Gasteiger charge is -2.39. The molecule has 1 rings (SSSR count). The van der Waals surface area contributed by atoms with Gasteiger partial charge in [0.1, 0.15) is 6.20 Å². The summed E-state index contributed by atoms with van der Waals surface area (Å²) in [6, 6.07) is 0. The summed E-state index contributed by atoms with van der Waals surface area (Å²) in [4.78, 5) is 14.6. The Balaban J connectivity index is 3.01. The molecule has 0 N–H and O–H groups in total. The molecule has 0 aliphatic rings. The highest BCUT2D eigenvalue weighted by molar-refractivity contribution is 9.10. The summed E-state index contributed by atoms with van der Waals surface area (Å²) in [5.74, 6) is -0.0883. The van der Waals surface area contributed by atoms with Gasteiger partial charge in [-0.1, -0.05) is 41.5 Å². The maximum absolute atomic E-state index is 11.1. The quantitative estimate of drug-likeness (QED) is 0.225. The summed E-state index contributed by atoms with van der Waals surface area (Å²) >= 11 is 3.34. The number of halogens is 1. The first-order valence-electron chi connectivity index (χ1n) is 10.0. The lowest BCUT2D eigenvalue weighted by atomic mass is 10.2. The molecule has 0 spiro atoms. The van der Waals surface area contributed by atoms with Crippen LogP contribution in [0.3, 0.4) is 0 Å². The molecule has 0 aromatic carbocycles. The van der Waals surface area contributed by atoms with Crippen molar-refractivity contribution in [1.29, 1.82) is 0 Å². The normalized spacial score (nSPS) is 13.9. The summed E-state index contributed by atoms with van der Waals surface area (Å²) in [5.41, 5.74) is 0. The number of nitrogens with zero attached hydrogens (tertiary/aromatic N) is 3. The number of hydrogen-bond donors (Lipinski definition) is 0. The van der Waals surface area contributed by atoms with Crippen molar-refractivity contribution in [2.75, 3.05) is 13.2 Å². The van der Waals surface area contributed by atoms with Gasteiger partial charge >= 0.3 is 5.82 Å². The van der Waals surface area contributed by atoms with Gasteiger partial charge < -0.3 is 19.0 Å². The molecule has 1 aromatic heterocycles. The third-order valence-corrected chi connectivity index (χ3v) is 16.0. The highest BCUT2D eigenvalue weighted by atomic mass is 79.9. The molecule has 0 atom stereocenters. The molecule has 0 bridgehead atoms. The largest absolute Gasteiger partial charge is 0.416 e. The van der Waals surface area contributed by atoms with Crippen LogP contribution in [-0.2, 0) is 15.4 Å². The van der Waals surface area contributed by atoms with Crippen molar-refractivity contribution in [3.05, 3.63) is 21.0 Å². The Morgan fingerprint density at radius 3 is 1.79 bits per heavy atom. The van der Waals surface area contributed by atoms with Crippen LogP contribution < -0.4 is 0 Å². The van der Waals surface area contributed by atoms with Gasteiger partial charge in [-0.15, -0.1) is 0 Å². The predicted molar refractivity (Wildman–Crippen MR) is 126 cm³/mol. The zero-order valence-corrected chi connectivity index (χ0v) is 23.2. The lowest BCUT2D eigenvalue weighted by molar-refractivity contribution is -0.389. The minimum atomic E-state index is -1.91. The van der Waals surface area contributed by atoms with Gasteiger partial charge in [-0.2, -0.15) is 0 Å². The van der Waals surface area contributed by atoms with Gasteiger partial charge in [-0.25, -0.2) is 0 Å². The molecule has 0 radical (unpaired) electrons. The van der Waals surface area contributed by atoms with E-state index in [4.69, 9.17) is 8.85 Å². The average Bonchev–Trinajstić information content (AvgIpc) is 2.89. The van der Waals surface area contributed by atoms with Crippen LogP contribution in [0.25, 0.3) is 0 Å². The number of imidazole rings is 1. The predicted octanol–water partition coefficient (Wildman–Crippen LogP) is 6.21. The van der Waals surface area contributed by atoms with Gasteiger partial charge in [0.25, 0.3) is 4.73 Å². The minimum absolute atomic E-state index is 0.0726. The Morgan fingerprint density at radius 1 is 1.07 bits per heavy atom. The molecule has 168 valence electrons. The van der Waals surface area contributed by atoms with E-state index in [9.17, 15) is 10.1 Å². The van der Waals surface area contributed by atoms with Crippen LogP contribution in [0.1, 0.15) is 41.5 Å². The van der Waals surface area contributed by atoms with Crippen molar-refractivity contribution in [3.8, 4) is 0 Å². The van der Waals surface area contributed by atoms with E-state index in [1.54, 1.807) is 4.57 Å². The summed E-state index contributed by atoms with van der Waals surface area (Å²) in [6.07, 6.45) is 1.47. The second-order valence-corrected chi connectivity index (χ2v) is 21.1. The molecule has 0 amide bonds. The van der Waals surface area contributed by atoms with Crippen LogP contribution in [0.2, 0.25) is 36.3 Å². The fraction of sp³-hybridized carbons (Fsp3) is 0.842. The maximum Gasteiger partial charge on any atom is 0.382 e. The lowest BCUT2D eigenvalue weighted by Crippen LogP contribution is -2.45. The third-order valence-electron chi connectivity index (χ3n) is 6.33. The SMILES string of the molecule is CC(C)(C)[Si](C)(C)OCC(CO[Si](C)(C)C(C)(C)C)Cn1cc([N+](=O)[O-])nc1Br. The minimum Gasteiger partial charge on any atom is -0.416 e. The first-order chi connectivity index (χ1) is 12.9. The Labute approximate surface area is 186 Å². The van der Waals surface area contributed by atoms with Gasteiger partial charge in [0.05, 0.1) is 0 Å². The van der Waals surface area contributed by atoms with Crippen molar-refractivity contribution >= 4 is 38.4 Å². The third kappa shape index (κ3) is 7.27. The van der Waals surface area contributed by atoms with E-state index < -0.39 is 21.6 Å². The Hall–Kier alpha value is -0.556. The fourth-order valence-electron chi connectivity index (χ4n) is 2.11. The van der Waals surface area contributed by atoms with Gasteiger partial charge in [-0.05, 0) is 46.2 Å².